The summed E-state index contributed by atoms with van der Waals surface area (Å²) in [6.07, 6.45) is 1.69. The topological polar surface area (TPSA) is 121 Å². The highest BCUT2D eigenvalue weighted by atomic mass is 32.2. The van der Waals surface area contributed by atoms with Crippen LogP contribution in [0.5, 0.6) is 0 Å². The Morgan fingerprint density at radius 3 is 2.40 bits per heavy atom. The number of benzene rings is 3. The summed E-state index contributed by atoms with van der Waals surface area (Å²) >= 11 is 0. The zero-order valence-corrected chi connectivity index (χ0v) is 20.2. The second-order valence-electron chi connectivity index (χ2n) is 7.61. The Morgan fingerprint density at radius 2 is 1.71 bits per heavy atom. The zero-order valence-electron chi connectivity index (χ0n) is 19.4. The van der Waals surface area contributed by atoms with Crippen molar-refractivity contribution in [2.45, 2.75) is 31.2 Å². The molecule has 0 aromatic heterocycles. The summed E-state index contributed by atoms with van der Waals surface area (Å²) in [4.78, 5) is 16.5. The number of ether oxygens (including phenoxy) is 1. The summed E-state index contributed by atoms with van der Waals surface area (Å²) in [6, 6.07) is 21.9. The number of hydrogen-bond acceptors (Lipinski definition) is 6. The molecular formula is C26H26N4O4S. The molecule has 8 nitrogen and oxygen atoms in total. The molecule has 1 atom stereocenters. The van der Waals surface area contributed by atoms with Gasteiger partial charge in [-0.05, 0) is 54.8 Å². The second-order valence-corrected chi connectivity index (χ2v) is 9.32. The van der Waals surface area contributed by atoms with E-state index >= 15 is 0 Å². The Hall–Kier alpha value is -4.00. The molecule has 1 unspecified atom stereocenters. The number of nitriles is 1. The van der Waals surface area contributed by atoms with Gasteiger partial charge in [0, 0.05) is 0 Å². The number of carbonyl (C=O) groups is 1. The van der Waals surface area contributed by atoms with Crippen molar-refractivity contribution in [3.63, 3.8) is 0 Å². The number of aliphatic imine (C=N–C) groups is 1. The molecule has 9 heteroatoms. The lowest BCUT2D eigenvalue weighted by molar-refractivity contribution is -0.143. The minimum Gasteiger partial charge on any atom is -0.466 e. The van der Waals surface area contributed by atoms with Crippen molar-refractivity contribution in [1.29, 1.82) is 5.26 Å². The summed E-state index contributed by atoms with van der Waals surface area (Å²) in [5.74, 6) is -0.0462. The van der Waals surface area contributed by atoms with E-state index in [9.17, 15) is 13.2 Å². The van der Waals surface area contributed by atoms with Gasteiger partial charge < -0.3 is 4.74 Å². The first-order valence-electron chi connectivity index (χ1n) is 11.0. The third-order valence-electron chi connectivity index (χ3n) is 5.03. The summed E-state index contributed by atoms with van der Waals surface area (Å²) in [6.45, 7) is 3.59. The molecule has 3 rings (SSSR count). The molecular weight excluding hydrogens is 464 g/mol. The smallest absolute Gasteiger partial charge is 0.307 e. The van der Waals surface area contributed by atoms with Gasteiger partial charge in [-0.1, -0.05) is 54.6 Å². The van der Waals surface area contributed by atoms with Crippen molar-refractivity contribution in [1.82, 2.24) is 10.0 Å². The normalized spacial score (nSPS) is 12.4. The van der Waals surface area contributed by atoms with E-state index in [4.69, 9.17) is 10.00 Å². The molecule has 180 valence electrons. The number of hydrogen-bond donors (Lipinski definition) is 2. The highest BCUT2D eigenvalue weighted by Crippen LogP contribution is 2.27. The third kappa shape index (κ3) is 7.24. The number of amidine groups is 1. The molecule has 0 amide bonds. The third-order valence-corrected chi connectivity index (χ3v) is 6.50. The van der Waals surface area contributed by atoms with E-state index < -0.39 is 22.0 Å². The van der Waals surface area contributed by atoms with E-state index in [2.05, 4.69) is 15.0 Å². The maximum atomic E-state index is 13.3. The van der Waals surface area contributed by atoms with Crippen molar-refractivity contribution < 1.29 is 17.9 Å². The van der Waals surface area contributed by atoms with Crippen LogP contribution in [0.15, 0.2) is 88.8 Å². The second kappa shape index (κ2) is 11.9. The number of esters is 1. The fourth-order valence-corrected chi connectivity index (χ4v) is 4.73. The molecule has 0 aliphatic rings. The summed E-state index contributed by atoms with van der Waals surface area (Å²) in [5.41, 5.74) is 2.72. The Balaban J connectivity index is 1.90. The molecule has 0 aliphatic carbocycles. The van der Waals surface area contributed by atoms with Crippen LogP contribution in [0.25, 0.3) is 11.1 Å². The van der Waals surface area contributed by atoms with Crippen LogP contribution >= 0.6 is 0 Å². The maximum absolute atomic E-state index is 13.3. The molecule has 2 N–H and O–H groups in total. The van der Waals surface area contributed by atoms with Crippen LogP contribution < -0.4 is 10.0 Å². The molecule has 0 spiro atoms. The fourth-order valence-electron chi connectivity index (χ4n) is 3.46. The number of sulfonamides is 1. The van der Waals surface area contributed by atoms with Crippen LogP contribution in [0.3, 0.4) is 0 Å². The molecule has 3 aromatic rings. The monoisotopic (exact) mass is 490 g/mol. The van der Waals surface area contributed by atoms with Gasteiger partial charge in [-0.3, -0.25) is 10.1 Å². The number of rotatable bonds is 9. The van der Waals surface area contributed by atoms with E-state index in [0.717, 1.165) is 5.56 Å². The van der Waals surface area contributed by atoms with Crippen molar-refractivity contribution in [2.24, 2.45) is 4.99 Å². The SMILES string of the molecule is CCOC(=O)CC(NS(=O)(=O)c1cccc(-c2cccc(N=C(C)NC#N)c2)c1)c1ccccc1. The number of nitrogens with zero attached hydrogens (tertiary/aromatic N) is 2. The van der Waals surface area contributed by atoms with Crippen LogP contribution in [-0.2, 0) is 19.6 Å². The molecule has 0 heterocycles. The van der Waals surface area contributed by atoms with E-state index in [-0.39, 0.29) is 17.9 Å². The van der Waals surface area contributed by atoms with E-state index in [1.165, 1.54) is 6.07 Å². The van der Waals surface area contributed by atoms with Gasteiger partial charge in [0.15, 0.2) is 6.19 Å². The van der Waals surface area contributed by atoms with Crippen molar-refractivity contribution in [3.05, 3.63) is 84.4 Å². The minimum absolute atomic E-state index is 0.0658. The summed E-state index contributed by atoms with van der Waals surface area (Å²) < 4.78 is 34.3. The Bertz CT molecular complexity index is 1350. The molecule has 0 saturated carbocycles. The Labute approximate surface area is 205 Å². The van der Waals surface area contributed by atoms with Crippen LogP contribution in [0, 0.1) is 11.5 Å². The molecule has 3 aromatic carbocycles. The lowest BCUT2D eigenvalue weighted by atomic mass is 10.1. The fraction of sp³-hybridized carbons (Fsp3) is 0.192. The molecule has 0 fully saturated rings. The predicted molar refractivity (Wildman–Crippen MR) is 134 cm³/mol. The highest BCUT2D eigenvalue weighted by Gasteiger charge is 2.24. The van der Waals surface area contributed by atoms with Gasteiger partial charge in [-0.15, -0.1) is 0 Å². The molecule has 0 bridgehead atoms. The lowest BCUT2D eigenvalue weighted by Gasteiger charge is -2.19. The van der Waals surface area contributed by atoms with E-state index in [0.29, 0.717) is 22.6 Å². The number of carbonyl (C=O) groups excluding carboxylic acids is 1. The van der Waals surface area contributed by atoms with Crippen molar-refractivity contribution in [2.75, 3.05) is 6.61 Å². The van der Waals surface area contributed by atoms with E-state index in [1.54, 1.807) is 74.5 Å². The van der Waals surface area contributed by atoms with Gasteiger partial charge in [0.2, 0.25) is 10.0 Å². The standard InChI is InChI=1S/C26H26N4O4S/c1-3-34-26(31)17-25(20-9-5-4-6-10-20)30-35(32,33)24-14-8-12-22(16-24)21-11-7-13-23(15-21)29-19(2)28-18-27/h4-16,25,30H,3,17H2,1-2H3,(H,28,29). The molecule has 35 heavy (non-hydrogen) atoms. The molecule has 0 saturated heterocycles. The number of nitrogens with one attached hydrogen (secondary N) is 2. The van der Waals surface area contributed by atoms with Crippen molar-refractivity contribution in [3.8, 4) is 17.3 Å². The summed E-state index contributed by atoms with van der Waals surface area (Å²) in [7, 11) is -3.97. The minimum atomic E-state index is -3.97. The molecule has 0 radical (unpaired) electrons. The maximum Gasteiger partial charge on any atom is 0.307 e. The first-order chi connectivity index (χ1) is 16.8. The van der Waals surface area contributed by atoms with Gasteiger partial charge in [-0.2, -0.15) is 5.26 Å². The quantitative estimate of drug-likeness (QED) is 0.150. The van der Waals surface area contributed by atoms with Crippen molar-refractivity contribution >= 4 is 27.5 Å². The Kier molecular flexibility index (Phi) is 8.73. The average molecular weight is 491 g/mol. The lowest BCUT2D eigenvalue weighted by Crippen LogP contribution is -2.30. The summed E-state index contributed by atoms with van der Waals surface area (Å²) in [5, 5.41) is 11.2. The van der Waals surface area contributed by atoms with Crippen LogP contribution in [0.2, 0.25) is 0 Å². The van der Waals surface area contributed by atoms with Gasteiger partial charge in [0.25, 0.3) is 0 Å². The zero-order chi connectivity index (χ0) is 25.3. The largest absolute Gasteiger partial charge is 0.466 e. The van der Waals surface area contributed by atoms with Gasteiger partial charge in [0.05, 0.1) is 29.7 Å². The molecule has 0 aliphatic heterocycles. The Morgan fingerprint density at radius 1 is 1.03 bits per heavy atom. The van der Waals surface area contributed by atoms with Crippen LogP contribution in [-0.4, -0.2) is 26.8 Å². The van der Waals surface area contributed by atoms with Gasteiger partial charge in [0.1, 0.15) is 5.84 Å². The van der Waals surface area contributed by atoms with Crippen LogP contribution in [0.4, 0.5) is 5.69 Å². The van der Waals surface area contributed by atoms with E-state index in [1.807, 2.05) is 18.3 Å². The predicted octanol–water partition coefficient (Wildman–Crippen LogP) is 4.45. The van der Waals surface area contributed by atoms with Gasteiger partial charge >= 0.3 is 5.97 Å². The van der Waals surface area contributed by atoms with Crippen LogP contribution in [0.1, 0.15) is 31.9 Å². The first kappa shape index (κ1) is 25.6. The highest BCUT2D eigenvalue weighted by molar-refractivity contribution is 7.89. The van der Waals surface area contributed by atoms with Gasteiger partial charge in [-0.25, -0.2) is 18.1 Å². The average Bonchev–Trinajstić information content (AvgIpc) is 2.84. The first-order valence-corrected chi connectivity index (χ1v) is 12.4.